The van der Waals surface area contributed by atoms with Crippen LogP contribution in [0.15, 0.2) is 18.2 Å². The lowest BCUT2D eigenvalue weighted by atomic mass is 9.74. The van der Waals surface area contributed by atoms with Crippen LogP contribution in [-0.2, 0) is 4.79 Å². The third-order valence-electron chi connectivity index (χ3n) is 3.67. The molecule has 0 amide bonds. The second kappa shape index (κ2) is 4.88. The standard InChI is InChI=1S/C14H17FN2O2/c1-13(2,12(18)19)14(3,4)17-11-7-5-6-10(15)9(11)8-16/h5-7,17H,1-4H3,(H,18,19). The molecule has 5 heteroatoms. The molecule has 0 heterocycles. The maximum absolute atomic E-state index is 13.5. The van der Waals surface area contributed by atoms with Crippen LogP contribution in [0.5, 0.6) is 0 Å². The zero-order valence-electron chi connectivity index (χ0n) is 11.4. The van der Waals surface area contributed by atoms with Crippen molar-refractivity contribution in [3.05, 3.63) is 29.6 Å². The Balaban J connectivity index is 3.20. The number of carboxylic acid groups (broad SMARTS) is 1. The monoisotopic (exact) mass is 264 g/mol. The van der Waals surface area contributed by atoms with E-state index in [0.717, 1.165) is 0 Å². The van der Waals surface area contributed by atoms with Gasteiger partial charge in [-0.15, -0.1) is 0 Å². The van der Waals surface area contributed by atoms with E-state index in [1.54, 1.807) is 39.8 Å². The quantitative estimate of drug-likeness (QED) is 0.876. The molecule has 0 saturated carbocycles. The van der Waals surface area contributed by atoms with E-state index in [-0.39, 0.29) is 5.56 Å². The Kier molecular flexibility index (Phi) is 3.85. The highest BCUT2D eigenvalue weighted by atomic mass is 19.1. The molecule has 1 aromatic rings. The van der Waals surface area contributed by atoms with Gasteiger partial charge in [-0.25, -0.2) is 4.39 Å². The van der Waals surface area contributed by atoms with Crippen LogP contribution in [0.2, 0.25) is 0 Å². The smallest absolute Gasteiger partial charge is 0.311 e. The Morgan fingerprint density at radius 3 is 2.42 bits per heavy atom. The molecule has 0 atom stereocenters. The molecule has 0 bridgehead atoms. The maximum Gasteiger partial charge on any atom is 0.311 e. The zero-order chi connectivity index (χ0) is 14.8. The van der Waals surface area contributed by atoms with Crippen LogP contribution >= 0.6 is 0 Å². The van der Waals surface area contributed by atoms with Crippen molar-refractivity contribution in [2.24, 2.45) is 5.41 Å². The number of nitriles is 1. The second-order valence-corrected chi connectivity index (χ2v) is 5.45. The molecule has 102 valence electrons. The average Bonchev–Trinajstić information content (AvgIpc) is 2.28. The Morgan fingerprint density at radius 1 is 1.37 bits per heavy atom. The predicted octanol–water partition coefficient (Wildman–Crippen LogP) is 3.00. The highest BCUT2D eigenvalue weighted by Gasteiger charge is 2.43. The SMILES string of the molecule is CC(C)(Nc1cccc(F)c1C#N)C(C)(C)C(=O)O. The van der Waals surface area contributed by atoms with Gasteiger partial charge in [0.1, 0.15) is 17.4 Å². The summed E-state index contributed by atoms with van der Waals surface area (Å²) >= 11 is 0. The molecule has 0 fully saturated rings. The molecule has 0 aliphatic rings. The van der Waals surface area contributed by atoms with Crippen molar-refractivity contribution in [1.29, 1.82) is 5.26 Å². The first-order valence-corrected chi connectivity index (χ1v) is 5.83. The second-order valence-electron chi connectivity index (χ2n) is 5.45. The molecule has 1 rings (SSSR count). The molecule has 2 N–H and O–H groups in total. The van der Waals surface area contributed by atoms with Gasteiger partial charge in [0.2, 0.25) is 0 Å². The number of halogens is 1. The van der Waals surface area contributed by atoms with Gasteiger partial charge in [0.25, 0.3) is 0 Å². The minimum atomic E-state index is -1.09. The molecule has 0 radical (unpaired) electrons. The van der Waals surface area contributed by atoms with Crippen molar-refractivity contribution in [1.82, 2.24) is 0 Å². The van der Waals surface area contributed by atoms with Gasteiger partial charge in [-0.2, -0.15) is 5.26 Å². The van der Waals surface area contributed by atoms with Crippen LogP contribution < -0.4 is 5.32 Å². The normalized spacial score (nSPS) is 11.8. The average molecular weight is 264 g/mol. The van der Waals surface area contributed by atoms with Crippen molar-refractivity contribution in [2.45, 2.75) is 33.2 Å². The van der Waals surface area contributed by atoms with E-state index in [1.807, 2.05) is 0 Å². The summed E-state index contributed by atoms with van der Waals surface area (Å²) < 4.78 is 13.5. The van der Waals surface area contributed by atoms with Crippen LogP contribution in [-0.4, -0.2) is 16.6 Å². The van der Waals surface area contributed by atoms with Gasteiger partial charge >= 0.3 is 5.97 Å². The highest BCUT2D eigenvalue weighted by Crippen LogP contribution is 2.35. The fraction of sp³-hybridized carbons (Fsp3) is 0.429. The first kappa shape index (κ1) is 15.0. The fourth-order valence-electron chi connectivity index (χ4n) is 1.50. The molecular weight excluding hydrogens is 247 g/mol. The van der Waals surface area contributed by atoms with Crippen LogP contribution in [0, 0.1) is 22.6 Å². The summed E-state index contributed by atoms with van der Waals surface area (Å²) in [6, 6.07) is 6.01. The van der Waals surface area contributed by atoms with Gasteiger partial charge in [0.05, 0.1) is 11.1 Å². The number of hydrogen-bond acceptors (Lipinski definition) is 3. The molecule has 0 unspecified atom stereocenters. The van der Waals surface area contributed by atoms with Crippen molar-refractivity contribution in [3.63, 3.8) is 0 Å². The van der Waals surface area contributed by atoms with Crippen LogP contribution in [0.4, 0.5) is 10.1 Å². The summed E-state index contributed by atoms with van der Waals surface area (Å²) in [5, 5.41) is 21.2. The minimum absolute atomic E-state index is 0.114. The van der Waals surface area contributed by atoms with E-state index in [1.165, 1.54) is 12.1 Å². The predicted molar refractivity (Wildman–Crippen MR) is 70.2 cm³/mol. The Bertz CT molecular complexity index is 545. The number of carboxylic acids is 1. The lowest BCUT2D eigenvalue weighted by Crippen LogP contribution is -2.50. The number of rotatable bonds is 4. The van der Waals surface area contributed by atoms with Gasteiger partial charge in [-0.1, -0.05) is 6.07 Å². The third-order valence-corrected chi connectivity index (χ3v) is 3.67. The topological polar surface area (TPSA) is 73.1 Å². The molecular formula is C14H17FN2O2. The number of carbonyl (C=O) groups is 1. The summed E-state index contributed by atoms with van der Waals surface area (Å²) in [6.45, 7) is 6.56. The number of nitrogens with one attached hydrogen (secondary N) is 1. The lowest BCUT2D eigenvalue weighted by Gasteiger charge is -2.39. The summed E-state index contributed by atoms with van der Waals surface area (Å²) in [6.07, 6.45) is 0. The van der Waals surface area contributed by atoms with Crippen LogP contribution in [0.1, 0.15) is 33.3 Å². The molecule has 0 aliphatic carbocycles. The molecule has 0 saturated heterocycles. The van der Waals surface area contributed by atoms with E-state index in [4.69, 9.17) is 5.26 Å². The van der Waals surface area contributed by atoms with Gasteiger partial charge < -0.3 is 10.4 Å². The largest absolute Gasteiger partial charge is 0.481 e. The summed E-state index contributed by atoms with van der Waals surface area (Å²) in [7, 11) is 0. The van der Waals surface area contributed by atoms with Crippen LogP contribution in [0.25, 0.3) is 0 Å². The first-order chi connectivity index (χ1) is 8.63. The van der Waals surface area contributed by atoms with Gasteiger partial charge in [0, 0.05) is 5.54 Å². The van der Waals surface area contributed by atoms with E-state index in [2.05, 4.69) is 5.32 Å². The molecule has 4 nitrogen and oxygen atoms in total. The van der Waals surface area contributed by atoms with E-state index >= 15 is 0 Å². The highest BCUT2D eigenvalue weighted by molar-refractivity contribution is 5.77. The third kappa shape index (κ3) is 2.68. The minimum Gasteiger partial charge on any atom is -0.481 e. The van der Waals surface area contributed by atoms with Crippen molar-refractivity contribution >= 4 is 11.7 Å². The molecule has 0 spiro atoms. The Hall–Kier alpha value is -2.09. The number of aliphatic carboxylic acids is 1. The van der Waals surface area contributed by atoms with Crippen molar-refractivity contribution in [2.75, 3.05) is 5.32 Å². The first-order valence-electron chi connectivity index (χ1n) is 5.83. The maximum atomic E-state index is 13.5. The fourth-order valence-corrected chi connectivity index (χ4v) is 1.50. The van der Waals surface area contributed by atoms with Gasteiger partial charge in [-0.05, 0) is 39.8 Å². The Labute approximate surface area is 111 Å². The Morgan fingerprint density at radius 2 is 1.95 bits per heavy atom. The number of nitrogens with zero attached hydrogens (tertiary/aromatic N) is 1. The number of benzene rings is 1. The van der Waals surface area contributed by atoms with E-state index < -0.39 is 22.7 Å². The van der Waals surface area contributed by atoms with Gasteiger partial charge in [0.15, 0.2) is 0 Å². The molecule has 19 heavy (non-hydrogen) atoms. The van der Waals surface area contributed by atoms with E-state index in [9.17, 15) is 14.3 Å². The zero-order valence-corrected chi connectivity index (χ0v) is 11.4. The summed E-state index contributed by atoms with van der Waals surface area (Å²) in [4.78, 5) is 11.3. The number of hydrogen-bond donors (Lipinski definition) is 2. The van der Waals surface area contributed by atoms with E-state index in [0.29, 0.717) is 5.69 Å². The van der Waals surface area contributed by atoms with Crippen molar-refractivity contribution in [3.8, 4) is 6.07 Å². The summed E-state index contributed by atoms with van der Waals surface area (Å²) in [5.74, 6) is -1.60. The molecule has 0 aromatic heterocycles. The lowest BCUT2D eigenvalue weighted by molar-refractivity contribution is -0.149. The van der Waals surface area contributed by atoms with Crippen molar-refractivity contribution < 1.29 is 14.3 Å². The molecule has 0 aliphatic heterocycles. The molecule has 1 aromatic carbocycles. The van der Waals surface area contributed by atoms with Gasteiger partial charge in [-0.3, -0.25) is 4.79 Å². The summed E-state index contributed by atoms with van der Waals surface area (Å²) in [5.41, 5.74) is -1.77. The van der Waals surface area contributed by atoms with Crippen LogP contribution in [0.3, 0.4) is 0 Å². The number of anilines is 1.